The van der Waals surface area contributed by atoms with Crippen molar-refractivity contribution in [2.24, 2.45) is 0 Å². The Bertz CT molecular complexity index is 835. The molecule has 0 saturated heterocycles. The highest BCUT2D eigenvalue weighted by Crippen LogP contribution is 2.41. The standard InChI is InChI=1S/C15H14N2O3S/c1-7-8(2)17-14-11(10(7)9-5-4-6-20-9)12(16)13(21-14)15(18)19-3/h4-6H,16H2,1-3H3. The molecule has 3 rings (SSSR count). The van der Waals surface area contributed by atoms with Crippen LogP contribution in [0.15, 0.2) is 22.8 Å². The molecule has 0 aliphatic rings. The van der Waals surface area contributed by atoms with Crippen molar-refractivity contribution >= 4 is 33.2 Å². The van der Waals surface area contributed by atoms with Crippen molar-refractivity contribution in [2.45, 2.75) is 13.8 Å². The fourth-order valence-electron chi connectivity index (χ4n) is 2.33. The van der Waals surface area contributed by atoms with E-state index in [0.29, 0.717) is 21.2 Å². The molecule has 0 atom stereocenters. The van der Waals surface area contributed by atoms with Crippen LogP contribution in [0.4, 0.5) is 5.69 Å². The van der Waals surface area contributed by atoms with Crippen molar-refractivity contribution in [3.8, 4) is 11.3 Å². The maximum Gasteiger partial charge on any atom is 0.350 e. The molecule has 108 valence electrons. The van der Waals surface area contributed by atoms with E-state index in [2.05, 4.69) is 4.98 Å². The number of nitrogens with zero attached hydrogens (tertiary/aromatic N) is 1. The summed E-state index contributed by atoms with van der Waals surface area (Å²) < 4.78 is 10.3. The Kier molecular flexibility index (Phi) is 3.17. The average molecular weight is 302 g/mol. The minimum atomic E-state index is -0.448. The molecule has 0 aliphatic heterocycles. The summed E-state index contributed by atoms with van der Waals surface area (Å²) in [5, 5.41) is 0.749. The van der Waals surface area contributed by atoms with Gasteiger partial charge in [-0.3, -0.25) is 0 Å². The number of esters is 1. The molecule has 3 aromatic heterocycles. The smallest absolute Gasteiger partial charge is 0.350 e. The van der Waals surface area contributed by atoms with E-state index in [4.69, 9.17) is 14.9 Å². The summed E-state index contributed by atoms with van der Waals surface area (Å²) in [5.41, 5.74) is 9.31. The van der Waals surface area contributed by atoms with Crippen molar-refractivity contribution in [1.82, 2.24) is 4.98 Å². The number of carbonyl (C=O) groups is 1. The zero-order valence-corrected chi connectivity index (χ0v) is 12.7. The van der Waals surface area contributed by atoms with Crippen molar-refractivity contribution < 1.29 is 13.9 Å². The van der Waals surface area contributed by atoms with Crippen LogP contribution >= 0.6 is 11.3 Å². The van der Waals surface area contributed by atoms with Gasteiger partial charge in [0.15, 0.2) is 0 Å². The van der Waals surface area contributed by atoms with Crippen LogP contribution in [0.2, 0.25) is 0 Å². The number of nitrogen functional groups attached to an aromatic ring is 1. The number of furan rings is 1. The number of pyridine rings is 1. The molecule has 0 fully saturated rings. The number of aryl methyl sites for hydroxylation is 1. The van der Waals surface area contributed by atoms with E-state index in [-0.39, 0.29) is 0 Å². The van der Waals surface area contributed by atoms with Gasteiger partial charge in [-0.1, -0.05) is 0 Å². The first kappa shape index (κ1) is 13.6. The van der Waals surface area contributed by atoms with Gasteiger partial charge in [0.1, 0.15) is 15.5 Å². The minimum absolute atomic E-state index is 0.373. The van der Waals surface area contributed by atoms with Crippen LogP contribution < -0.4 is 5.73 Å². The van der Waals surface area contributed by atoms with Crippen LogP contribution in [0.3, 0.4) is 0 Å². The lowest BCUT2D eigenvalue weighted by Gasteiger charge is -2.08. The molecular formula is C15H14N2O3S. The third kappa shape index (κ3) is 1.99. The average Bonchev–Trinajstić information content (AvgIpc) is 3.09. The van der Waals surface area contributed by atoms with Gasteiger partial charge in [0.2, 0.25) is 0 Å². The van der Waals surface area contributed by atoms with Gasteiger partial charge in [0.25, 0.3) is 0 Å². The number of thiophene rings is 1. The van der Waals surface area contributed by atoms with E-state index in [9.17, 15) is 4.79 Å². The highest BCUT2D eigenvalue weighted by atomic mass is 32.1. The van der Waals surface area contributed by atoms with Crippen molar-refractivity contribution in [3.63, 3.8) is 0 Å². The quantitative estimate of drug-likeness (QED) is 0.732. The van der Waals surface area contributed by atoms with E-state index in [1.807, 2.05) is 26.0 Å². The third-order valence-corrected chi connectivity index (χ3v) is 4.58. The zero-order valence-electron chi connectivity index (χ0n) is 11.9. The number of methoxy groups -OCH3 is 1. The topological polar surface area (TPSA) is 78.3 Å². The lowest BCUT2D eigenvalue weighted by Crippen LogP contribution is -2.02. The monoisotopic (exact) mass is 302 g/mol. The molecule has 3 heterocycles. The van der Waals surface area contributed by atoms with Crippen molar-refractivity contribution in [1.29, 1.82) is 0 Å². The fourth-order valence-corrected chi connectivity index (χ4v) is 3.40. The molecule has 5 nitrogen and oxygen atoms in total. The predicted molar refractivity (Wildman–Crippen MR) is 82.5 cm³/mol. The second-order valence-electron chi connectivity index (χ2n) is 4.69. The van der Waals surface area contributed by atoms with Gasteiger partial charge in [-0.15, -0.1) is 11.3 Å². The van der Waals surface area contributed by atoms with Crippen molar-refractivity contribution in [3.05, 3.63) is 34.5 Å². The SMILES string of the molecule is COC(=O)c1sc2nc(C)c(C)c(-c3ccco3)c2c1N. The number of fused-ring (bicyclic) bond motifs is 1. The van der Waals surface area contributed by atoms with Crippen molar-refractivity contribution in [2.75, 3.05) is 12.8 Å². The largest absolute Gasteiger partial charge is 0.465 e. The lowest BCUT2D eigenvalue weighted by atomic mass is 10.0. The van der Waals surface area contributed by atoms with E-state index in [1.54, 1.807) is 6.26 Å². The molecule has 0 aromatic carbocycles. The number of carbonyl (C=O) groups excluding carboxylic acids is 1. The predicted octanol–water partition coefficient (Wildman–Crippen LogP) is 3.54. The van der Waals surface area contributed by atoms with E-state index in [1.165, 1.54) is 18.4 Å². The first-order chi connectivity index (χ1) is 10.0. The molecule has 3 aromatic rings. The van der Waals surface area contributed by atoms with Crippen LogP contribution in [0.1, 0.15) is 20.9 Å². The molecular weight excluding hydrogens is 288 g/mol. The Balaban J connectivity index is 2.42. The second-order valence-corrected chi connectivity index (χ2v) is 5.69. The molecule has 0 unspecified atom stereocenters. The van der Waals surface area contributed by atoms with Gasteiger partial charge in [0, 0.05) is 16.6 Å². The number of anilines is 1. The Morgan fingerprint density at radius 1 is 1.43 bits per heavy atom. The van der Waals surface area contributed by atoms with Crippen LogP contribution in [0.25, 0.3) is 21.5 Å². The minimum Gasteiger partial charge on any atom is -0.465 e. The van der Waals surface area contributed by atoms with Gasteiger partial charge in [-0.25, -0.2) is 9.78 Å². The Hall–Kier alpha value is -2.34. The number of nitrogens with two attached hydrogens (primary N) is 1. The molecule has 0 saturated carbocycles. The third-order valence-electron chi connectivity index (χ3n) is 3.50. The van der Waals surface area contributed by atoms with E-state index in [0.717, 1.165) is 22.2 Å². The molecule has 0 amide bonds. The van der Waals surface area contributed by atoms with Gasteiger partial charge < -0.3 is 14.9 Å². The number of hydrogen-bond donors (Lipinski definition) is 1. The number of rotatable bonds is 2. The summed E-state index contributed by atoms with van der Waals surface area (Å²) in [6.45, 7) is 3.89. The summed E-state index contributed by atoms with van der Waals surface area (Å²) in [6, 6.07) is 3.69. The Morgan fingerprint density at radius 2 is 2.19 bits per heavy atom. The second kappa shape index (κ2) is 4.89. The Morgan fingerprint density at radius 3 is 2.81 bits per heavy atom. The first-order valence-corrected chi connectivity index (χ1v) is 7.17. The summed E-state index contributed by atoms with van der Waals surface area (Å²) in [5.74, 6) is 0.264. The highest BCUT2D eigenvalue weighted by molar-refractivity contribution is 7.21. The fraction of sp³-hybridized carbons (Fsp3) is 0.200. The maximum atomic E-state index is 11.8. The molecule has 0 aliphatic carbocycles. The number of aromatic nitrogens is 1. The van der Waals surface area contributed by atoms with Gasteiger partial charge >= 0.3 is 5.97 Å². The lowest BCUT2D eigenvalue weighted by molar-refractivity contribution is 0.0607. The van der Waals surface area contributed by atoms with Gasteiger partial charge in [-0.2, -0.15) is 0 Å². The van der Waals surface area contributed by atoms with Crippen LogP contribution in [-0.2, 0) is 4.74 Å². The highest BCUT2D eigenvalue weighted by Gasteiger charge is 2.23. The first-order valence-electron chi connectivity index (χ1n) is 6.36. The van der Waals surface area contributed by atoms with Crippen LogP contribution in [-0.4, -0.2) is 18.1 Å². The maximum absolute atomic E-state index is 11.8. The molecule has 0 spiro atoms. The normalized spacial score (nSPS) is 11.0. The van der Waals surface area contributed by atoms with Crippen LogP contribution in [0, 0.1) is 13.8 Å². The Labute approximate surface area is 125 Å². The van der Waals surface area contributed by atoms with Gasteiger partial charge in [-0.05, 0) is 31.5 Å². The van der Waals surface area contributed by atoms with E-state index < -0.39 is 5.97 Å². The van der Waals surface area contributed by atoms with Crippen LogP contribution in [0.5, 0.6) is 0 Å². The number of hydrogen-bond acceptors (Lipinski definition) is 6. The molecule has 0 radical (unpaired) electrons. The van der Waals surface area contributed by atoms with Gasteiger partial charge in [0.05, 0.1) is 19.1 Å². The molecule has 2 N–H and O–H groups in total. The summed E-state index contributed by atoms with van der Waals surface area (Å²) in [6.07, 6.45) is 1.61. The number of ether oxygens (including phenoxy) is 1. The summed E-state index contributed by atoms with van der Waals surface area (Å²) >= 11 is 1.24. The van der Waals surface area contributed by atoms with E-state index >= 15 is 0 Å². The molecule has 0 bridgehead atoms. The summed E-state index contributed by atoms with van der Waals surface area (Å²) in [4.78, 5) is 17.4. The molecule has 6 heteroatoms. The molecule has 21 heavy (non-hydrogen) atoms. The zero-order chi connectivity index (χ0) is 15.1. The summed E-state index contributed by atoms with van der Waals surface area (Å²) in [7, 11) is 1.34.